The first-order valence-corrected chi connectivity index (χ1v) is 10.4. The molecule has 1 saturated carbocycles. The number of amides is 1. The van der Waals surface area contributed by atoms with Crippen LogP contribution in [0.25, 0.3) is 0 Å². The Balaban J connectivity index is 1.75. The molecule has 0 unspecified atom stereocenters. The van der Waals surface area contributed by atoms with Gasteiger partial charge in [0.25, 0.3) is 5.91 Å². The summed E-state index contributed by atoms with van der Waals surface area (Å²) in [5, 5.41) is 2.94. The minimum absolute atomic E-state index is 0.0556. The van der Waals surface area contributed by atoms with Crippen molar-refractivity contribution in [3.05, 3.63) is 59.7 Å². The average molecular weight is 372 g/mol. The van der Waals surface area contributed by atoms with Crippen LogP contribution in [-0.4, -0.2) is 20.4 Å². The van der Waals surface area contributed by atoms with Crippen molar-refractivity contribution in [2.45, 2.75) is 50.0 Å². The molecule has 0 aliphatic heterocycles. The fraction of sp³-hybridized carbons (Fsp3) is 0.350. The van der Waals surface area contributed by atoms with Gasteiger partial charge in [0.2, 0.25) is 10.0 Å². The molecule has 1 amide bonds. The van der Waals surface area contributed by atoms with Gasteiger partial charge in [-0.05, 0) is 61.1 Å². The number of hydrogen-bond acceptors (Lipinski definition) is 3. The van der Waals surface area contributed by atoms with E-state index in [0.29, 0.717) is 11.5 Å². The van der Waals surface area contributed by atoms with Crippen molar-refractivity contribution in [2.24, 2.45) is 0 Å². The van der Waals surface area contributed by atoms with Gasteiger partial charge in [0.05, 0.1) is 4.90 Å². The highest BCUT2D eigenvalue weighted by Gasteiger charge is 2.28. The Morgan fingerprint density at radius 1 is 1.12 bits per heavy atom. The van der Waals surface area contributed by atoms with Gasteiger partial charge in [-0.25, -0.2) is 13.1 Å². The SMILES string of the molecule is CC[C@H](C)c1ccccc1NC(=O)c1ccc(S(=O)(=O)NC2CC2)cc1. The van der Waals surface area contributed by atoms with Crippen molar-refractivity contribution in [3.8, 4) is 0 Å². The number of para-hydroxylation sites is 1. The van der Waals surface area contributed by atoms with E-state index in [1.807, 2.05) is 24.3 Å². The molecule has 1 atom stereocenters. The quantitative estimate of drug-likeness (QED) is 0.774. The summed E-state index contributed by atoms with van der Waals surface area (Å²) in [5.74, 6) is 0.0902. The molecule has 1 aliphatic rings. The third kappa shape index (κ3) is 4.31. The molecule has 2 N–H and O–H groups in total. The van der Waals surface area contributed by atoms with Crippen molar-refractivity contribution >= 4 is 21.6 Å². The lowest BCUT2D eigenvalue weighted by molar-refractivity contribution is 0.102. The van der Waals surface area contributed by atoms with Crippen LogP contribution in [0.5, 0.6) is 0 Å². The second kappa shape index (κ2) is 7.60. The highest BCUT2D eigenvalue weighted by atomic mass is 32.2. The van der Waals surface area contributed by atoms with Gasteiger partial charge in [0.15, 0.2) is 0 Å². The summed E-state index contributed by atoms with van der Waals surface area (Å²) in [6.45, 7) is 4.23. The highest BCUT2D eigenvalue weighted by molar-refractivity contribution is 7.89. The van der Waals surface area contributed by atoms with Gasteiger partial charge >= 0.3 is 0 Å². The number of sulfonamides is 1. The van der Waals surface area contributed by atoms with Crippen LogP contribution in [0.4, 0.5) is 5.69 Å². The molecule has 0 heterocycles. The summed E-state index contributed by atoms with van der Waals surface area (Å²) in [4.78, 5) is 12.7. The summed E-state index contributed by atoms with van der Waals surface area (Å²) in [6.07, 6.45) is 2.75. The smallest absolute Gasteiger partial charge is 0.255 e. The topological polar surface area (TPSA) is 75.3 Å². The zero-order valence-corrected chi connectivity index (χ0v) is 15.8. The van der Waals surface area contributed by atoms with Crippen LogP contribution >= 0.6 is 0 Å². The van der Waals surface area contributed by atoms with Gasteiger partial charge in [0, 0.05) is 17.3 Å². The van der Waals surface area contributed by atoms with Crippen LogP contribution in [0.3, 0.4) is 0 Å². The van der Waals surface area contributed by atoms with E-state index in [1.165, 1.54) is 12.1 Å². The highest BCUT2D eigenvalue weighted by Crippen LogP contribution is 2.27. The second-order valence-electron chi connectivity index (χ2n) is 6.77. The van der Waals surface area contributed by atoms with E-state index in [9.17, 15) is 13.2 Å². The number of anilines is 1. The lowest BCUT2D eigenvalue weighted by Crippen LogP contribution is -2.25. The molecule has 0 radical (unpaired) electrons. The minimum atomic E-state index is -3.50. The molecule has 5 nitrogen and oxygen atoms in total. The Morgan fingerprint density at radius 3 is 2.38 bits per heavy atom. The van der Waals surface area contributed by atoms with Crippen molar-refractivity contribution < 1.29 is 13.2 Å². The van der Waals surface area contributed by atoms with Crippen molar-refractivity contribution in [1.82, 2.24) is 4.72 Å². The van der Waals surface area contributed by atoms with Gasteiger partial charge in [0.1, 0.15) is 0 Å². The monoisotopic (exact) mass is 372 g/mol. The van der Waals surface area contributed by atoms with E-state index in [2.05, 4.69) is 23.9 Å². The largest absolute Gasteiger partial charge is 0.322 e. The van der Waals surface area contributed by atoms with Crippen LogP contribution in [-0.2, 0) is 10.0 Å². The molecular formula is C20H24N2O3S. The summed E-state index contributed by atoms with van der Waals surface area (Å²) >= 11 is 0. The first-order valence-electron chi connectivity index (χ1n) is 8.93. The third-order valence-corrected chi connectivity index (χ3v) is 6.21. The molecule has 26 heavy (non-hydrogen) atoms. The lowest BCUT2D eigenvalue weighted by atomic mass is 9.97. The Morgan fingerprint density at radius 2 is 1.77 bits per heavy atom. The standard InChI is InChI=1S/C20H24N2O3S/c1-3-14(2)18-6-4-5-7-19(18)21-20(23)15-8-12-17(13-9-15)26(24,25)22-16-10-11-16/h4-9,12-14,16,22H,3,10-11H2,1-2H3,(H,21,23)/t14-/m0/s1. The number of carbonyl (C=O) groups excluding carboxylic acids is 1. The van der Waals surface area contributed by atoms with E-state index in [0.717, 1.165) is 30.5 Å². The van der Waals surface area contributed by atoms with E-state index in [-0.39, 0.29) is 16.8 Å². The third-order valence-electron chi connectivity index (χ3n) is 4.68. The van der Waals surface area contributed by atoms with E-state index >= 15 is 0 Å². The van der Waals surface area contributed by atoms with E-state index in [4.69, 9.17) is 0 Å². The van der Waals surface area contributed by atoms with Crippen molar-refractivity contribution in [3.63, 3.8) is 0 Å². The van der Waals surface area contributed by atoms with Crippen molar-refractivity contribution in [2.75, 3.05) is 5.32 Å². The maximum atomic E-state index is 12.5. The lowest BCUT2D eigenvalue weighted by Gasteiger charge is -2.15. The van der Waals surface area contributed by atoms with Crippen LogP contribution in [0, 0.1) is 0 Å². The van der Waals surface area contributed by atoms with Crippen molar-refractivity contribution in [1.29, 1.82) is 0 Å². The molecule has 1 fully saturated rings. The number of carbonyl (C=O) groups is 1. The Labute approximate surface area is 154 Å². The second-order valence-corrected chi connectivity index (χ2v) is 8.48. The van der Waals surface area contributed by atoms with Crippen LogP contribution < -0.4 is 10.0 Å². The summed E-state index contributed by atoms with van der Waals surface area (Å²) < 4.78 is 27.0. The maximum absolute atomic E-state index is 12.5. The van der Waals surface area contributed by atoms with Gasteiger partial charge in [-0.15, -0.1) is 0 Å². The molecule has 1 aliphatic carbocycles. The summed E-state index contributed by atoms with van der Waals surface area (Å²) in [5.41, 5.74) is 2.31. The number of nitrogens with one attached hydrogen (secondary N) is 2. The summed E-state index contributed by atoms with van der Waals surface area (Å²) in [7, 11) is -3.50. The predicted octanol–water partition coefficient (Wildman–Crippen LogP) is 3.89. The fourth-order valence-electron chi connectivity index (χ4n) is 2.73. The van der Waals surface area contributed by atoms with E-state index in [1.54, 1.807) is 12.1 Å². The molecule has 0 spiro atoms. The fourth-order valence-corrected chi connectivity index (χ4v) is 4.03. The Bertz CT molecular complexity index is 888. The molecule has 138 valence electrons. The maximum Gasteiger partial charge on any atom is 0.255 e. The Kier molecular flexibility index (Phi) is 5.44. The van der Waals surface area contributed by atoms with Crippen LogP contribution in [0.1, 0.15) is 54.9 Å². The van der Waals surface area contributed by atoms with Crippen LogP contribution in [0.15, 0.2) is 53.4 Å². The van der Waals surface area contributed by atoms with Gasteiger partial charge < -0.3 is 5.32 Å². The first-order chi connectivity index (χ1) is 12.4. The normalized spacial score (nSPS) is 15.5. The van der Waals surface area contributed by atoms with Crippen LogP contribution in [0.2, 0.25) is 0 Å². The molecule has 0 aromatic heterocycles. The zero-order chi connectivity index (χ0) is 18.7. The predicted molar refractivity (Wildman–Crippen MR) is 103 cm³/mol. The summed E-state index contributed by atoms with van der Waals surface area (Å²) in [6, 6.07) is 13.8. The molecule has 0 bridgehead atoms. The molecule has 3 rings (SSSR count). The molecular weight excluding hydrogens is 348 g/mol. The Hall–Kier alpha value is -2.18. The molecule has 2 aromatic rings. The number of hydrogen-bond donors (Lipinski definition) is 2. The van der Waals surface area contributed by atoms with Gasteiger partial charge in [-0.1, -0.05) is 32.0 Å². The number of benzene rings is 2. The molecule has 2 aromatic carbocycles. The van der Waals surface area contributed by atoms with Gasteiger partial charge in [-0.3, -0.25) is 4.79 Å². The zero-order valence-electron chi connectivity index (χ0n) is 15.0. The van der Waals surface area contributed by atoms with E-state index < -0.39 is 10.0 Å². The first kappa shape index (κ1) is 18.6. The number of rotatable bonds is 7. The molecule has 6 heteroatoms. The van der Waals surface area contributed by atoms with Gasteiger partial charge in [-0.2, -0.15) is 0 Å². The average Bonchev–Trinajstić information content (AvgIpc) is 3.45. The minimum Gasteiger partial charge on any atom is -0.322 e. The molecule has 0 saturated heterocycles.